The van der Waals surface area contributed by atoms with Crippen molar-refractivity contribution in [3.05, 3.63) is 71.2 Å². The van der Waals surface area contributed by atoms with Gasteiger partial charge in [-0.2, -0.15) is 0 Å². The molecular formula is C22H20N4OS2. The minimum atomic E-state index is -0.0139. The highest BCUT2D eigenvalue weighted by Crippen LogP contribution is 2.35. The lowest BCUT2D eigenvalue weighted by Gasteiger charge is -2.06. The zero-order valence-corrected chi connectivity index (χ0v) is 17.6. The molecule has 7 heteroatoms. The standard InChI is InChI=1S/C22H20N4OS2/c1-15-24-20-21(29-15)19(17-10-6-3-7-11-17)25-26-22(20)28-14-18(27)23-13-12-16-8-4-2-5-9-16/h2-11H,12-14H2,1H3,(H,23,27). The first-order valence-corrected chi connectivity index (χ1v) is 11.1. The van der Waals surface area contributed by atoms with Gasteiger partial charge in [-0.15, -0.1) is 21.5 Å². The van der Waals surface area contributed by atoms with Gasteiger partial charge in [0.1, 0.15) is 16.2 Å². The summed E-state index contributed by atoms with van der Waals surface area (Å²) in [5, 5.41) is 13.4. The van der Waals surface area contributed by atoms with E-state index in [9.17, 15) is 4.79 Å². The molecule has 0 saturated carbocycles. The number of amides is 1. The fourth-order valence-electron chi connectivity index (χ4n) is 2.98. The molecule has 0 aliphatic heterocycles. The summed E-state index contributed by atoms with van der Waals surface area (Å²) in [4.78, 5) is 16.9. The average molecular weight is 421 g/mol. The van der Waals surface area contributed by atoms with Crippen molar-refractivity contribution in [1.29, 1.82) is 0 Å². The highest BCUT2D eigenvalue weighted by molar-refractivity contribution is 8.00. The number of rotatable bonds is 7. The van der Waals surface area contributed by atoms with Crippen LogP contribution in [0.15, 0.2) is 65.7 Å². The van der Waals surface area contributed by atoms with Gasteiger partial charge in [0, 0.05) is 12.1 Å². The predicted octanol–water partition coefficient (Wildman–Crippen LogP) is 4.51. The third-order valence-electron chi connectivity index (χ3n) is 4.36. The van der Waals surface area contributed by atoms with Crippen LogP contribution in [0.5, 0.6) is 0 Å². The summed E-state index contributed by atoms with van der Waals surface area (Å²) in [6.45, 7) is 2.59. The number of thioether (sulfide) groups is 1. The Morgan fingerprint density at radius 2 is 1.76 bits per heavy atom. The molecule has 2 aromatic carbocycles. The first kappa shape index (κ1) is 19.5. The van der Waals surface area contributed by atoms with E-state index in [2.05, 4.69) is 32.6 Å². The van der Waals surface area contributed by atoms with Gasteiger partial charge in [0.2, 0.25) is 5.91 Å². The summed E-state index contributed by atoms with van der Waals surface area (Å²) in [6, 6.07) is 20.1. The zero-order chi connectivity index (χ0) is 20.1. The summed E-state index contributed by atoms with van der Waals surface area (Å²) >= 11 is 2.99. The van der Waals surface area contributed by atoms with Crippen LogP contribution in [0.2, 0.25) is 0 Å². The van der Waals surface area contributed by atoms with Crippen molar-refractivity contribution in [2.45, 2.75) is 18.4 Å². The summed E-state index contributed by atoms with van der Waals surface area (Å²) in [5.41, 5.74) is 3.89. The van der Waals surface area contributed by atoms with Crippen LogP contribution in [0.4, 0.5) is 0 Å². The Bertz CT molecular complexity index is 1110. The molecule has 4 rings (SSSR count). The Morgan fingerprint density at radius 1 is 1.03 bits per heavy atom. The number of nitrogens with zero attached hydrogens (tertiary/aromatic N) is 3. The maximum Gasteiger partial charge on any atom is 0.230 e. The van der Waals surface area contributed by atoms with Crippen LogP contribution in [0, 0.1) is 6.92 Å². The van der Waals surface area contributed by atoms with Gasteiger partial charge in [-0.25, -0.2) is 4.98 Å². The number of aryl methyl sites for hydroxylation is 1. The van der Waals surface area contributed by atoms with Crippen LogP contribution in [0.1, 0.15) is 10.6 Å². The predicted molar refractivity (Wildman–Crippen MR) is 119 cm³/mol. The highest BCUT2D eigenvalue weighted by Gasteiger charge is 2.16. The van der Waals surface area contributed by atoms with E-state index in [1.54, 1.807) is 11.3 Å². The minimum Gasteiger partial charge on any atom is -0.355 e. The van der Waals surface area contributed by atoms with Crippen molar-refractivity contribution < 1.29 is 4.79 Å². The Morgan fingerprint density at radius 3 is 2.52 bits per heavy atom. The van der Waals surface area contributed by atoms with Crippen LogP contribution < -0.4 is 5.32 Å². The normalized spacial score (nSPS) is 10.9. The van der Waals surface area contributed by atoms with Gasteiger partial charge in [-0.1, -0.05) is 72.4 Å². The van der Waals surface area contributed by atoms with Gasteiger partial charge in [0.25, 0.3) is 0 Å². The fourth-order valence-corrected chi connectivity index (χ4v) is 4.72. The SMILES string of the molecule is Cc1nc2c(SCC(=O)NCCc3ccccc3)nnc(-c3ccccc3)c2s1. The van der Waals surface area contributed by atoms with Gasteiger partial charge in [0.05, 0.1) is 15.5 Å². The molecule has 0 spiro atoms. The van der Waals surface area contributed by atoms with Gasteiger partial charge in [0.15, 0.2) is 0 Å². The molecule has 4 aromatic rings. The second-order valence-corrected chi connectivity index (χ2v) is 8.67. The van der Waals surface area contributed by atoms with E-state index < -0.39 is 0 Å². The van der Waals surface area contributed by atoms with Crippen molar-refractivity contribution in [3.8, 4) is 11.3 Å². The van der Waals surface area contributed by atoms with Crippen molar-refractivity contribution >= 4 is 39.2 Å². The molecule has 2 heterocycles. The molecule has 5 nitrogen and oxygen atoms in total. The van der Waals surface area contributed by atoms with Crippen LogP contribution in [-0.2, 0) is 11.2 Å². The zero-order valence-electron chi connectivity index (χ0n) is 16.0. The number of aromatic nitrogens is 3. The molecule has 0 aliphatic carbocycles. The van der Waals surface area contributed by atoms with E-state index >= 15 is 0 Å². The van der Waals surface area contributed by atoms with Gasteiger partial charge >= 0.3 is 0 Å². The molecule has 0 saturated heterocycles. The van der Waals surface area contributed by atoms with E-state index in [0.29, 0.717) is 17.3 Å². The quantitative estimate of drug-likeness (QED) is 0.446. The molecule has 29 heavy (non-hydrogen) atoms. The monoisotopic (exact) mass is 420 g/mol. The van der Waals surface area contributed by atoms with Crippen LogP contribution in [0.3, 0.4) is 0 Å². The lowest BCUT2D eigenvalue weighted by Crippen LogP contribution is -2.27. The molecular weight excluding hydrogens is 400 g/mol. The first-order chi connectivity index (χ1) is 14.2. The topological polar surface area (TPSA) is 67.8 Å². The number of fused-ring (bicyclic) bond motifs is 1. The summed E-state index contributed by atoms with van der Waals surface area (Å²) in [5.74, 6) is 0.278. The van der Waals surface area contributed by atoms with E-state index in [1.807, 2.05) is 55.5 Å². The smallest absolute Gasteiger partial charge is 0.230 e. The van der Waals surface area contributed by atoms with E-state index in [4.69, 9.17) is 0 Å². The number of nitrogens with one attached hydrogen (secondary N) is 1. The Labute approximate surface area is 177 Å². The number of hydrogen-bond acceptors (Lipinski definition) is 6. The number of carbonyl (C=O) groups is 1. The van der Waals surface area contributed by atoms with Crippen LogP contribution in [0.25, 0.3) is 21.5 Å². The maximum absolute atomic E-state index is 12.2. The molecule has 2 aromatic heterocycles. The molecule has 146 valence electrons. The Balaban J connectivity index is 1.42. The molecule has 0 unspecified atom stereocenters. The van der Waals surface area contributed by atoms with E-state index in [1.165, 1.54) is 17.3 Å². The number of carbonyl (C=O) groups excluding carboxylic acids is 1. The molecule has 0 atom stereocenters. The molecule has 0 bridgehead atoms. The molecule has 0 radical (unpaired) electrons. The second-order valence-electron chi connectivity index (χ2n) is 6.50. The molecule has 0 fully saturated rings. The summed E-state index contributed by atoms with van der Waals surface area (Å²) < 4.78 is 1.01. The second kappa shape index (κ2) is 9.15. The van der Waals surface area contributed by atoms with Crippen molar-refractivity contribution in [1.82, 2.24) is 20.5 Å². The van der Waals surface area contributed by atoms with Crippen LogP contribution >= 0.6 is 23.1 Å². The number of thiazole rings is 1. The number of benzene rings is 2. The largest absolute Gasteiger partial charge is 0.355 e. The van der Waals surface area contributed by atoms with E-state index in [0.717, 1.165) is 32.9 Å². The summed E-state index contributed by atoms with van der Waals surface area (Å²) in [7, 11) is 0. The lowest BCUT2D eigenvalue weighted by atomic mass is 10.1. The van der Waals surface area contributed by atoms with Gasteiger partial charge < -0.3 is 5.32 Å². The highest BCUT2D eigenvalue weighted by atomic mass is 32.2. The van der Waals surface area contributed by atoms with Crippen molar-refractivity contribution in [3.63, 3.8) is 0 Å². The average Bonchev–Trinajstić information content (AvgIpc) is 3.15. The lowest BCUT2D eigenvalue weighted by molar-refractivity contribution is -0.118. The molecule has 1 amide bonds. The number of hydrogen-bond donors (Lipinski definition) is 1. The molecule has 0 aliphatic rings. The molecule has 1 N–H and O–H groups in total. The summed E-state index contributed by atoms with van der Waals surface area (Å²) in [6.07, 6.45) is 0.818. The minimum absolute atomic E-state index is 0.0139. The van der Waals surface area contributed by atoms with Crippen molar-refractivity contribution in [2.24, 2.45) is 0 Å². The van der Waals surface area contributed by atoms with Gasteiger partial charge in [-0.05, 0) is 18.9 Å². The first-order valence-electron chi connectivity index (χ1n) is 9.33. The maximum atomic E-state index is 12.2. The third kappa shape index (κ3) is 4.81. The third-order valence-corrected chi connectivity index (χ3v) is 6.29. The van der Waals surface area contributed by atoms with E-state index in [-0.39, 0.29) is 5.91 Å². The van der Waals surface area contributed by atoms with Crippen LogP contribution in [-0.4, -0.2) is 33.4 Å². The Hall–Kier alpha value is -2.77. The Kier molecular flexibility index (Phi) is 6.17. The fraction of sp³-hybridized carbons (Fsp3) is 0.182. The van der Waals surface area contributed by atoms with Crippen molar-refractivity contribution in [2.75, 3.05) is 12.3 Å². The van der Waals surface area contributed by atoms with Gasteiger partial charge in [-0.3, -0.25) is 4.79 Å².